The predicted molar refractivity (Wildman–Crippen MR) is 111 cm³/mol. The van der Waals surface area contributed by atoms with E-state index in [-0.39, 0.29) is 23.7 Å². The van der Waals surface area contributed by atoms with Gasteiger partial charge in [0.15, 0.2) is 0 Å². The molecule has 2 N–H and O–H groups in total. The average molecular weight is 433 g/mol. The zero-order valence-corrected chi connectivity index (χ0v) is 18.8. The van der Waals surface area contributed by atoms with Crippen LogP contribution in [0, 0.1) is 17.3 Å². The van der Waals surface area contributed by atoms with Crippen molar-refractivity contribution >= 4 is 11.9 Å². The Bertz CT molecular complexity index is 880. The maximum Gasteiger partial charge on any atom is 0.338 e. The molecule has 170 valence electrons. The van der Waals surface area contributed by atoms with Crippen LogP contribution >= 0.6 is 0 Å². The van der Waals surface area contributed by atoms with Crippen molar-refractivity contribution in [2.24, 2.45) is 17.3 Å². The molecule has 0 radical (unpaired) electrons. The molecule has 31 heavy (non-hydrogen) atoms. The number of benzene rings is 1. The van der Waals surface area contributed by atoms with Crippen LogP contribution in [0.1, 0.15) is 64.2 Å². The minimum absolute atomic E-state index is 0.0371. The highest BCUT2D eigenvalue weighted by Crippen LogP contribution is 2.64. The Hall–Kier alpha value is -2.12. The van der Waals surface area contributed by atoms with Gasteiger partial charge in [-0.05, 0) is 43.5 Å². The van der Waals surface area contributed by atoms with Crippen LogP contribution in [0.3, 0.4) is 0 Å². The summed E-state index contributed by atoms with van der Waals surface area (Å²) in [6, 6.07) is 5.89. The Kier molecular flexibility index (Phi) is 5.13. The lowest BCUT2D eigenvalue weighted by Crippen LogP contribution is -2.51. The van der Waals surface area contributed by atoms with E-state index in [2.05, 4.69) is 0 Å². The van der Waals surface area contributed by atoms with Gasteiger partial charge in [-0.1, -0.05) is 20.8 Å². The van der Waals surface area contributed by atoms with Gasteiger partial charge >= 0.3 is 11.9 Å². The van der Waals surface area contributed by atoms with Crippen LogP contribution in [0.5, 0.6) is 5.75 Å². The summed E-state index contributed by atoms with van der Waals surface area (Å²) in [5.74, 6) is -1.39. The number of phenolic OH excluding ortho intramolecular Hbond substituents is 1. The lowest BCUT2D eigenvalue weighted by Gasteiger charge is -2.44. The summed E-state index contributed by atoms with van der Waals surface area (Å²) >= 11 is 0. The number of aromatic hydroxyl groups is 1. The van der Waals surface area contributed by atoms with Gasteiger partial charge in [0, 0.05) is 31.1 Å². The normalized spacial score (nSPS) is 41.1. The molecule has 1 aliphatic heterocycles. The van der Waals surface area contributed by atoms with Crippen LogP contribution in [0.15, 0.2) is 24.3 Å². The fraction of sp³-hybridized carbons (Fsp3) is 0.667. The van der Waals surface area contributed by atoms with Crippen molar-refractivity contribution < 1.29 is 34.0 Å². The fourth-order valence-corrected chi connectivity index (χ4v) is 5.96. The molecular formula is C24H32O7. The van der Waals surface area contributed by atoms with Crippen molar-refractivity contribution in [3.63, 3.8) is 0 Å². The van der Waals surface area contributed by atoms with Crippen molar-refractivity contribution in [3.8, 4) is 5.75 Å². The van der Waals surface area contributed by atoms with Crippen molar-refractivity contribution in [2.45, 2.75) is 83.4 Å². The summed E-state index contributed by atoms with van der Waals surface area (Å²) in [6.07, 6.45) is 0.227. The van der Waals surface area contributed by atoms with Crippen molar-refractivity contribution in [1.82, 2.24) is 0 Å². The fourth-order valence-electron chi connectivity index (χ4n) is 5.96. The Morgan fingerprint density at radius 3 is 2.32 bits per heavy atom. The van der Waals surface area contributed by atoms with E-state index in [1.54, 1.807) is 0 Å². The number of hydrogen-bond acceptors (Lipinski definition) is 7. The first-order valence-corrected chi connectivity index (χ1v) is 11.0. The second kappa shape index (κ2) is 7.20. The van der Waals surface area contributed by atoms with Crippen LogP contribution in [-0.2, 0) is 19.0 Å². The van der Waals surface area contributed by atoms with Gasteiger partial charge in [0.25, 0.3) is 0 Å². The summed E-state index contributed by atoms with van der Waals surface area (Å²) in [5.41, 5.74) is -1.89. The van der Waals surface area contributed by atoms with Gasteiger partial charge in [-0.3, -0.25) is 4.79 Å². The highest BCUT2D eigenvalue weighted by Gasteiger charge is 2.71. The second-order valence-electron chi connectivity index (χ2n) is 10.2. The third kappa shape index (κ3) is 3.61. The van der Waals surface area contributed by atoms with Gasteiger partial charge in [-0.15, -0.1) is 0 Å². The zero-order chi connectivity index (χ0) is 22.8. The van der Waals surface area contributed by atoms with E-state index in [1.807, 2.05) is 27.7 Å². The molecule has 1 aromatic carbocycles. The van der Waals surface area contributed by atoms with E-state index in [9.17, 15) is 19.8 Å². The van der Waals surface area contributed by atoms with Gasteiger partial charge in [-0.2, -0.15) is 0 Å². The minimum Gasteiger partial charge on any atom is -0.508 e. The molecule has 7 heteroatoms. The molecule has 2 saturated carbocycles. The first kappa shape index (κ1) is 22.1. The molecule has 4 rings (SSSR count). The number of fused-ring (bicyclic) bond motifs is 2. The summed E-state index contributed by atoms with van der Waals surface area (Å²) in [5, 5.41) is 21.4. The number of rotatable bonds is 4. The monoisotopic (exact) mass is 432 g/mol. The molecule has 0 amide bonds. The molecular weight excluding hydrogens is 400 g/mol. The van der Waals surface area contributed by atoms with Crippen LogP contribution < -0.4 is 0 Å². The van der Waals surface area contributed by atoms with E-state index in [4.69, 9.17) is 14.2 Å². The van der Waals surface area contributed by atoms with E-state index < -0.39 is 40.7 Å². The molecule has 1 heterocycles. The van der Waals surface area contributed by atoms with Gasteiger partial charge in [-0.25, -0.2) is 4.79 Å². The average Bonchev–Trinajstić information content (AvgIpc) is 3.23. The molecule has 0 aromatic heterocycles. The molecule has 3 aliphatic rings. The third-order valence-corrected chi connectivity index (χ3v) is 7.81. The number of ether oxygens (including phenoxy) is 3. The molecule has 2 aliphatic carbocycles. The summed E-state index contributed by atoms with van der Waals surface area (Å²) < 4.78 is 17.7. The quantitative estimate of drug-likeness (QED) is 0.556. The predicted octanol–water partition coefficient (Wildman–Crippen LogP) is 3.21. The molecule has 0 bridgehead atoms. The Labute approximate surface area is 182 Å². The first-order chi connectivity index (χ1) is 14.4. The minimum atomic E-state index is -1.16. The smallest absolute Gasteiger partial charge is 0.338 e. The Morgan fingerprint density at radius 2 is 1.74 bits per heavy atom. The number of aliphatic hydroxyl groups is 1. The highest BCUT2D eigenvalue weighted by molar-refractivity contribution is 5.89. The second-order valence-corrected chi connectivity index (χ2v) is 10.2. The first-order valence-electron chi connectivity index (χ1n) is 11.0. The Balaban J connectivity index is 1.73. The number of carbonyl (C=O) groups excluding carboxylic acids is 2. The molecule has 7 nitrogen and oxygen atoms in total. The van der Waals surface area contributed by atoms with E-state index in [0.29, 0.717) is 24.8 Å². The van der Waals surface area contributed by atoms with Gasteiger partial charge in [0.2, 0.25) is 0 Å². The summed E-state index contributed by atoms with van der Waals surface area (Å²) in [7, 11) is 0. The molecule has 1 unspecified atom stereocenters. The Morgan fingerprint density at radius 1 is 1.10 bits per heavy atom. The number of hydrogen-bond donors (Lipinski definition) is 2. The van der Waals surface area contributed by atoms with E-state index in [1.165, 1.54) is 31.2 Å². The maximum atomic E-state index is 13.0. The van der Waals surface area contributed by atoms with Crippen molar-refractivity contribution in [3.05, 3.63) is 29.8 Å². The summed E-state index contributed by atoms with van der Waals surface area (Å²) in [6.45, 7) is 9.28. The highest BCUT2D eigenvalue weighted by atomic mass is 16.6. The SMILES string of the molecule is CC(=O)O[C@@H]1C[C@](O)(C(C)C)C2[C@H](OC(=O)c3ccc(O)cc3)C[C@]3(C)O[C@@H]3C[C@@]21C. The van der Waals surface area contributed by atoms with E-state index in [0.717, 1.165) is 0 Å². The maximum absolute atomic E-state index is 13.0. The third-order valence-electron chi connectivity index (χ3n) is 7.81. The number of esters is 2. The molecule has 1 saturated heterocycles. The zero-order valence-electron chi connectivity index (χ0n) is 18.8. The van der Waals surface area contributed by atoms with Gasteiger partial charge < -0.3 is 24.4 Å². The van der Waals surface area contributed by atoms with E-state index >= 15 is 0 Å². The van der Waals surface area contributed by atoms with Crippen molar-refractivity contribution in [2.75, 3.05) is 0 Å². The number of carbonyl (C=O) groups is 2. The van der Waals surface area contributed by atoms with Crippen LogP contribution in [0.2, 0.25) is 0 Å². The largest absolute Gasteiger partial charge is 0.508 e. The van der Waals surface area contributed by atoms with Crippen molar-refractivity contribution in [1.29, 1.82) is 0 Å². The lowest BCUT2D eigenvalue weighted by atomic mass is 9.67. The molecule has 1 aromatic rings. The van der Waals surface area contributed by atoms with Gasteiger partial charge in [0.05, 0.1) is 22.9 Å². The standard InChI is InChI=1S/C24H32O7/c1-13(2)24(28)12-18(29-14(3)25)22(4)11-19-23(5,31-19)10-17(20(22)24)30-21(27)15-6-8-16(26)9-7-15/h6-9,13,17-20,26,28H,10-12H2,1-5H3/t17-,18-,19-,20?,22-,23+,24+/m1/s1. The number of phenols is 1. The molecule has 7 atom stereocenters. The van der Waals surface area contributed by atoms with Crippen LogP contribution in [-0.4, -0.2) is 51.7 Å². The molecule has 0 spiro atoms. The summed E-state index contributed by atoms with van der Waals surface area (Å²) in [4.78, 5) is 24.9. The van der Waals surface area contributed by atoms with Gasteiger partial charge in [0.1, 0.15) is 18.0 Å². The number of epoxide rings is 1. The lowest BCUT2D eigenvalue weighted by molar-refractivity contribution is -0.155. The molecule has 3 fully saturated rings. The topological polar surface area (TPSA) is 106 Å². The van der Waals surface area contributed by atoms with Crippen LogP contribution in [0.25, 0.3) is 0 Å². The van der Waals surface area contributed by atoms with Crippen LogP contribution in [0.4, 0.5) is 0 Å².